The molecule has 1 N–H and O–H groups in total. The first-order chi connectivity index (χ1) is 6.52. The van der Waals surface area contributed by atoms with Gasteiger partial charge in [-0.05, 0) is 12.8 Å². The van der Waals surface area contributed by atoms with Gasteiger partial charge in [-0.2, -0.15) is 0 Å². The predicted octanol–water partition coefficient (Wildman–Crippen LogP) is 1.72. The summed E-state index contributed by atoms with van der Waals surface area (Å²) >= 11 is 3.07. The van der Waals surface area contributed by atoms with Gasteiger partial charge in [-0.3, -0.25) is 4.79 Å². The number of carbonyl (C=O) groups excluding carboxylic acids is 2. The van der Waals surface area contributed by atoms with E-state index in [2.05, 4.69) is 21.2 Å². The molecule has 0 fully saturated rings. The molecule has 0 aliphatic rings. The van der Waals surface area contributed by atoms with Crippen LogP contribution >= 0.6 is 15.9 Å². The molecule has 0 heterocycles. The van der Waals surface area contributed by atoms with E-state index in [0.717, 1.165) is 0 Å². The average molecular weight is 266 g/mol. The van der Waals surface area contributed by atoms with Crippen molar-refractivity contribution in [3.05, 3.63) is 0 Å². The standard InChI is InChI=1S/C9H16BrNO3/c1-4-14-9(13)11-8(6(2)3)7(12)5-10/h6,8H,4-5H2,1-3H3,(H,11,13). The zero-order valence-electron chi connectivity index (χ0n) is 8.67. The Morgan fingerprint density at radius 2 is 2.00 bits per heavy atom. The van der Waals surface area contributed by atoms with Gasteiger partial charge in [0, 0.05) is 0 Å². The van der Waals surface area contributed by atoms with Crippen molar-refractivity contribution in [1.29, 1.82) is 0 Å². The molecule has 4 nitrogen and oxygen atoms in total. The smallest absolute Gasteiger partial charge is 0.407 e. The van der Waals surface area contributed by atoms with Crippen molar-refractivity contribution < 1.29 is 14.3 Å². The van der Waals surface area contributed by atoms with Crippen LogP contribution in [-0.4, -0.2) is 29.9 Å². The van der Waals surface area contributed by atoms with Crippen molar-refractivity contribution in [3.8, 4) is 0 Å². The first kappa shape index (κ1) is 13.4. The summed E-state index contributed by atoms with van der Waals surface area (Å²) in [5.74, 6) is 0.0116. The Bertz CT molecular complexity index is 206. The van der Waals surface area contributed by atoms with Crippen LogP contribution in [0.15, 0.2) is 0 Å². The maximum Gasteiger partial charge on any atom is 0.407 e. The summed E-state index contributed by atoms with van der Waals surface area (Å²) in [4.78, 5) is 22.5. The van der Waals surface area contributed by atoms with E-state index in [1.165, 1.54) is 0 Å². The Hall–Kier alpha value is -0.580. The molecular formula is C9H16BrNO3. The van der Waals surface area contributed by atoms with Crippen LogP contribution in [0.5, 0.6) is 0 Å². The molecule has 5 heteroatoms. The lowest BCUT2D eigenvalue weighted by molar-refractivity contribution is -0.119. The van der Waals surface area contributed by atoms with Gasteiger partial charge in [-0.1, -0.05) is 29.8 Å². The normalized spacial score (nSPS) is 12.4. The van der Waals surface area contributed by atoms with E-state index < -0.39 is 12.1 Å². The maximum atomic E-state index is 11.4. The number of hydrogen-bond acceptors (Lipinski definition) is 3. The first-order valence-electron chi connectivity index (χ1n) is 4.54. The number of ether oxygens (including phenoxy) is 1. The van der Waals surface area contributed by atoms with Gasteiger partial charge >= 0.3 is 6.09 Å². The van der Waals surface area contributed by atoms with Crippen molar-refractivity contribution in [2.75, 3.05) is 11.9 Å². The van der Waals surface area contributed by atoms with E-state index in [1.807, 2.05) is 13.8 Å². The highest BCUT2D eigenvalue weighted by Gasteiger charge is 2.23. The number of halogens is 1. The monoisotopic (exact) mass is 265 g/mol. The third-order valence-electron chi connectivity index (χ3n) is 1.69. The van der Waals surface area contributed by atoms with Gasteiger partial charge in [0.25, 0.3) is 0 Å². The second kappa shape index (κ2) is 6.81. The predicted molar refractivity (Wildman–Crippen MR) is 57.6 cm³/mol. The lowest BCUT2D eigenvalue weighted by atomic mass is 10.0. The Labute approximate surface area is 92.5 Å². The molecule has 0 aliphatic carbocycles. The topological polar surface area (TPSA) is 55.4 Å². The fourth-order valence-electron chi connectivity index (χ4n) is 1.00. The second-order valence-corrected chi connectivity index (χ2v) is 3.75. The van der Waals surface area contributed by atoms with Gasteiger partial charge in [0.2, 0.25) is 0 Å². The molecule has 0 aromatic heterocycles. The van der Waals surface area contributed by atoms with Crippen LogP contribution in [0.1, 0.15) is 20.8 Å². The summed E-state index contributed by atoms with van der Waals surface area (Å²) in [5, 5.41) is 2.77. The van der Waals surface area contributed by atoms with E-state index in [-0.39, 0.29) is 17.0 Å². The molecule has 0 saturated carbocycles. The fraction of sp³-hybridized carbons (Fsp3) is 0.778. The minimum absolute atomic E-state index is 0.0481. The summed E-state index contributed by atoms with van der Waals surface area (Å²) in [7, 11) is 0. The highest BCUT2D eigenvalue weighted by atomic mass is 79.9. The third-order valence-corrected chi connectivity index (χ3v) is 2.25. The number of ketones is 1. The molecule has 0 radical (unpaired) electrons. The van der Waals surface area contributed by atoms with Crippen molar-refractivity contribution in [2.45, 2.75) is 26.8 Å². The lowest BCUT2D eigenvalue weighted by Crippen LogP contribution is -2.45. The number of Topliss-reactive ketones (excluding diaryl/α,β-unsaturated/α-hetero) is 1. The number of carbonyl (C=O) groups is 2. The van der Waals surface area contributed by atoms with Gasteiger partial charge in [0.1, 0.15) is 0 Å². The highest BCUT2D eigenvalue weighted by Crippen LogP contribution is 2.05. The molecule has 1 atom stereocenters. The van der Waals surface area contributed by atoms with Crippen molar-refractivity contribution in [2.24, 2.45) is 5.92 Å². The molecular weight excluding hydrogens is 250 g/mol. The second-order valence-electron chi connectivity index (χ2n) is 3.19. The molecule has 0 spiro atoms. The molecule has 14 heavy (non-hydrogen) atoms. The molecule has 82 valence electrons. The molecule has 1 amide bonds. The molecule has 0 rings (SSSR count). The van der Waals surface area contributed by atoms with E-state index in [4.69, 9.17) is 4.74 Å². The quantitative estimate of drug-likeness (QED) is 0.771. The van der Waals surface area contributed by atoms with E-state index in [9.17, 15) is 9.59 Å². The van der Waals surface area contributed by atoms with E-state index >= 15 is 0 Å². The van der Waals surface area contributed by atoms with Gasteiger partial charge in [-0.15, -0.1) is 0 Å². The summed E-state index contributed by atoms with van der Waals surface area (Å²) in [6.07, 6.45) is -0.541. The Kier molecular flexibility index (Phi) is 6.53. The lowest BCUT2D eigenvalue weighted by Gasteiger charge is -2.19. The van der Waals surface area contributed by atoms with Gasteiger partial charge < -0.3 is 10.1 Å². The minimum atomic E-state index is -0.541. The number of alkyl halides is 1. The van der Waals surface area contributed by atoms with Crippen LogP contribution in [0.2, 0.25) is 0 Å². The number of rotatable bonds is 5. The van der Waals surface area contributed by atoms with E-state index in [1.54, 1.807) is 6.92 Å². The van der Waals surface area contributed by atoms with Crippen LogP contribution < -0.4 is 5.32 Å². The SMILES string of the molecule is CCOC(=O)NC(C(=O)CBr)C(C)C. The van der Waals surface area contributed by atoms with Crippen LogP contribution in [0, 0.1) is 5.92 Å². The minimum Gasteiger partial charge on any atom is -0.450 e. The Balaban J connectivity index is 4.23. The number of hydrogen-bond donors (Lipinski definition) is 1. The highest BCUT2D eigenvalue weighted by molar-refractivity contribution is 9.09. The largest absolute Gasteiger partial charge is 0.450 e. The third kappa shape index (κ3) is 4.60. The zero-order chi connectivity index (χ0) is 11.1. The molecule has 0 aromatic rings. The molecule has 0 aromatic carbocycles. The summed E-state index contributed by atoms with van der Waals surface area (Å²) < 4.78 is 4.70. The number of alkyl carbamates (subject to hydrolysis) is 1. The summed E-state index contributed by atoms with van der Waals surface area (Å²) in [6, 6.07) is -0.478. The van der Waals surface area contributed by atoms with Crippen LogP contribution in [0.25, 0.3) is 0 Å². The summed E-state index contributed by atoms with van der Waals surface area (Å²) in [6.45, 7) is 5.77. The fourth-order valence-corrected chi connectivity index (χ4v) is 1.35. The van der Waals surface area contributed by atoms with Gasteiger partial charge in [-0.25, -0.2) is 4.79 Å². The van der Waals surface area contributed by atoms with Crippen molar-refractivity contribution >= 4 is 27.8 Å². The number of amides is 1. The molecule has 0 aliphatic heterocycles. The summed E-state index contributed by atoms with van der Waals surface area (Å²) in [5.41, 5.74) is 0. The van der Waals surface area contributed by atoms with E-state index in [0.29, 0.717) is 6.61 Å². The molecule has 0 bridgehead atoms. The molecule has 1 unspecified atom stereocenters. The van der Waals surface area contributed by atoms with Crippen molar-refractivity contribution in [1.82, 2.24) is 5.32 Å². The maximum absolute atomic E-state index is 11.4. The van der Waals surface area contributed by atoms with Gasteiger partial charge in [0.05, 0.1) is 18.0 Å². The van der Waals surface area contributed by atoms with Crippen LogP contribution in [-0.2, 0) is 9.53 Å². The Morgan fingerprint density at radius 3 is 2.36 bits per heavy atom. The first-order valence-corrected chi connectivity index (χ1v) is 5.67. The Morgan fingerprint density at radius 1 is 1.43 bits per heavy atom. The number of nitrogens with one attached hydrogen (secondary N) is 1. The van der Waals surface area contributed by atoms with Crippen molar-refractivity contribution in [3.63, 3.8) is 0 Å². The van der Waals surface area contributed by atoms with Crippen LogP contribution in [0.3, 0.4) is 0 Å². The zero-order valence-corrected chi connectivity index (χ0v) is 10.3. The average Bonchev–Trinajstić information content (AvgIpc) is 2.13. The van der Waals surface area contributed by atoms with Crippen LogP contribution in [0.4, 0.5) is 4.79 Å². The molecule has 0 saturated heterocycles. The van der Waals surface area contributed by atoms with Gasteiger partial charge in [0.15, 0.2) is 5.78 Å².